The minimum atomic E-state index is -0.333. The van der Waals surface area contributed by atoms with Crippen LogP contribution in [0, 0.1) is 0 Å². The van der Waals surface area contributed by atoms with Gasteiger partial charge in [-0.15, -0.1) is 10.2 Å². The number of hydrogen-bond donors (Lipinski definition) is 1. The maximum Gasteiger partial charge on any atom is 0.264 e. The number of carbonyl (C=O) groups is 1. The summed E-state index contributed by atoms with van der Waals surface area (Å²) in [6.07, 6.45) is 0.780. The van der Waals surface area contributed by atoms with Gasteiger partial charge in [-0.05, 0) is 18.6 Å². The molecule has 0 bridgehead atoms. The number of halogens is 2. The standard InChI is InChI=1S/C12H11Cl2N3O2S/c1-2-11-16-17-12(20-11)15-10(18)6-19-9-5-7(13)3-4-8(9)14/h3-5H,2,6H2,1H3,(H,15,17,18). The highest BCUT2D eigenvalue weighted by molar-refractivity contribution is 7.15. The monoisotopic (exact) mass is 331 g/mol. The minimum absolute atomic E-state index is 0.179. The van der Waals surface area contributed by atoms with Crippen molar-refractivity contribution in [3.8, 4) is 5.75 Å². The molecular weight excluding hydrogens is 321 g/mol. The number of benzene rings is 1. The lowest BCUT2D eigenvalue weighted by atomic mass is 10.3. The number of ether oxygens (including phenoxy) is 1. The van der Waals surface area contributed by atoms with E-state index in [9.17, 15) is 4.79 Å². The van der Waals surface area contributed by atoms with Crippen LogP contribution in [0.4, 0.5) is 5.13 Å². The number of aromatic nitrogens is 2. The SMILES string of the molecule is CCc1nnc(NC(=O)COc2cc(Cl)ccc2Cl)s1. The molecule has 106 valence electrons. The second kappa shape index (κ2) is 6.88. The number of anilines is 1. The van der Waals surface area contributed by atoms with Crippen molar-refractivity contribution in [1.82, 2.24) is 10.2 Å². The van der Waals surface area contributed by atoms with Gasteiger partial charge in [0.15, 0.2) is 6.61 Å². The number of amides is 1. The van der Waals surface area contributed by atoms with Gasteiger partial charge in [0, 0.05) is 11.1 Å². The Morgan fingerprint density at radius 3 is 2.90 bits per heavy atom. The topological polar surface area (TPSA) is 64.1 Å². The van der Waals surface area contributed by atoms with Gasteiger partial charge in [0.2, 0.25) is 5.13 Å². The fourth-order valence-electron chi connectivity index (χ4n) is 1.33. The summed E-state index contributed by atoms with van der Waals surface area (Å²) in [5.74, 6) is 0.0284. The predicted molar refractivity (Wildman–Crippen MR) is 79.9 cm³/mol. The first kappa shape index (κ1) is 15.0. The van der Waals surface area contributed by atoms with Crippen LogP contribution in [0.2, 0.25) is 10.0 Å². The normalized spacial score (nSPS) is 10.3. The largest absolute Gasteiger partial charge is 0.482 e. The zero-order valence-corrected chi connectivity index (χ0v) is 12.8. The number of hydrogen-bond acceptors (Lipinski definition) is 5. The molecule has 2 aromatic rings. The highest BCUT2D eigenvalue weighted by atomic mass is 35.5. The van der Waals surface area contributed by atoms with Gasteiger partial charge in [-0.1, -0.05) is 41.5 Å². The fourth-order valence-corrected chi connectivity index (χ4v) is 2.36. The van der Waals surface area contributed by atoms with Gasteiger partial charge >= 0.3 is 0 Å². The molecule has 0 aliphatic heterocycles. The maximum atomic E-state index is 11.7. The van der Waals surface area contributed by atoms with Crippen molar-refractivity contribution >= 4 is 45.6 Å². The van der Waals surface area contributed by atoms with Crippen LogP contribution in [0.25, 0.3) is 0 Å². The van der Waals surface area contributed by atoms with Crippen LogP contribution in [-0.4, -0.2) is 22.7 Å². The highest BCUT2D eigenvalue weighted by Gasteiger charge is 2.09. The zero-order valence-electron chi connectivity index (χ0n) is 10.5. The zero-order chi connectivity index (χ0) is 14.5. The van der Waals surface area contributed by atoms with Gasteiger partial charge in [0.25, 0.3) is 5.91 Å². The predicted octanol–water partition coefficient (Wildman–Crippen LogP) is 3.42. The van der Waals surface area contributed by atoms with Crippen molar-refractivity contribution in [3.05, 3.63) is 33.3 Å². The molecule has 0 atom stereocenters. The third-order valence-electron chi connectivity index (χ3n) is 2.27. The first-order valence-corrected chi connectivity index (χ1v) is 7.36. The first-order valence-electron chi connectivity index (χ1n) is 5.78. The van der Waals surface area contributed by atoms with Crippen LogP contribution in [0.5, 0.6) is 5.75 Å². The van der Waals surface area contributed by atoms with Crippen LogP contribution in [-0.2, 0) is 11.2 Å². The Labute approximate surface area is 129 Å². The van der Waals surface area contributed by atoms with Crippen molar-refractivity contribution in [2.45, 2.75) is 13.3 Å². The van der Waals surface area contributed by atoms with Crippen LogP contribution in [0.15, 0.2) is 18.2 Å². The molecule has 20 heavy (non-hydrogen) atoms. The van der Waals surface area contributed by atoms with E-state index in [0.29, 0.717) is 20.9 Å². The third kappa shape index (κ3) is 4.06. The van der Waals surface area contributed by atoms with E-state index in [-0.39, 0.29) is 12.5 Å². The summed E-state index contributed by atoms with van der Waals surface area (Å²) in [7, 11) is 0. The molecule has 0 fully saturated rings. The van der Waals surface area contributed by atoms with Gasteiger partial charge in [-0.2, -0.15) is 0 Å². The van der Waals surface area contributed by atoms with Crippen molar-refractivity contribution in [1.29, 1.82) is 0 Å². The summed E-state index contributed by atoms with van der Waals surface area (Å²) in [5, 5.41) is 12.6. The maximum absolute atomic E-state index is 11.7. The second-order valence-corrected chi connectivity index (χ2v) is 5.67. The third-order valence-corrected chi connectivity index (χ3v) is 3.80. The quantitative estimate of drug-likeness (QED) is 0.911. The molecule has 2 rings (SSSR count). The summed E-state index contributed by atoms with van der Waals surface area (Å²) in [6.45, 7) is 1.79. The summed E-state index contributed by atoms with van der Waals surface area (Å²) in [4.78, 5) is 11.7. The molecule has 0 saturated carbocycles. The molecule has 1 N–H and O–H groups in total. The molecule has 0 radical (unpaired) electrons. The molecule has 1 amide bonds. The van der Waals surface area contributed by atoms with Crippen LogP contribution < -0.4 is 10.1 Å². The number of nitrogens with one attached hydrogen (secondary N) is 1. The minimum Gasteiger partial charge on any atom is -0.482 e. The van der Waals surface area contributed by atoms with Crippen molar-refractivity contribution < 1.29 is 9.53 Å². The summed E-state index contributed by atoms with van der Waals surface area (Å²) < 4.78 is 5.31. The Balaban J connectivity index is 1.90. The molecule has 0 saturated heterocycles. The van der Waals surface area contributed by atoms with Crippen molar-refractivity contribution in [2.75, 3.05) is 11.9 Å². The van der Waals surface area contributed by atoms with Crippen LogP contribution in [0.1, 0.15) is 11.9 Å². The van der Waals surface area contributed by atoms with Crippen molar-refractivity contribution in [3.63, 3.8) is 0 Å². The van der Waals surface area contributed by atoms with Crippen LogP contribution in [0.3, 0.4) is 0 Å². The van der Waals surface area contributed by atoms with Gasteiger partial charge in [-0.25, -0.2) is 0 Å². The first-order chi connectivity index (χ1) is 9.58. The molecule has 1 aromatic heterocycles. The van der Waals surface area contributed by atoms with Crippen LogP contribution >= 0.6 is 34.5 Å². The molecule has 1 heterocycles. The molecule has 0 spiro atoms. The molecule has 0 unspecified atom stereocenters. The molecule has 1 aromatic carbocycles. The van der Waals surface area contributed by atoms with Gasteiger partial charge in [0.1, 0.15) is 10.8 Å². The van der Waals surface area contributed by atoms with Gasteiger partial charge in [-0.3, -0.25) is 10.1 Å². The molecule has 5 nitrogen and oxygen atoms in total. The summed E-state index contributed by atoms with van der Waals surface area (Å²) in [5.41, 5.74) is 0. The Kier molecular flexibility index (Phi) is 5.17. The lowest BCUT2D eigenvalue weighted by Crippen LogP contribution is -2.20. The Morgan fingerprint density at radius 1 is 1.40 bits per heavy atom. The van der Waals surface area contributed by atoms with E-state index in [0.717, 1.165) is 11.4 Å². The van der Waals surface area contributed by atoms with E-state index in [1.165, 1.54) is 11.3 Å². The van der Waals surface area contributed by atoms with Gasteiger partial charge in [0.05, 0.1) is 5.02 Å². The van der Waals surface area contributed by atoms with E-state index in [4.69, 9.17) is 27.9 Å². The molecule has 0 aliphatic rings. The Morgan fingerprint density at radius 2 is 2.20 bits per heavy atom. The number of aryl methyl sites for hydroxylation is 1. The van der Waals surface area contributed by atoms with E-state index < -0.39 is 0 Å². The smallest absolute Gasteiger partial charge is 0.264 e. The van der Waals surface area contributed by atoms with E-state index in [1.807, 2.05) is 6.92 Å². The highest BCUT2D eigenvalue weighted by Crippen LogP contribution is 2.27. The van der Waals surface area contributed by atoms with Gasteiger partial charge < -0.3 is 4.74 Å². The number of carbonyl (C=O) groups excluding carboxylic acids is 1. The Bertz CT molecular complexity index is 618. The van der Waals surface area contributed by atoms with E-state index >= 15 is 0 Å². The summed E-state index contributed by atoms with van der Waals surface area (Å²) >= 11 is 13.1. The number of rotatable bonds is 5. The average Bonchev–Trinajstić information content (AvgIpc) is 2.87. The lowest BCUT2D eigenvalue weighted by molar-refractivity contribution is -0.118. The average molecular weight is 332 g/mol. The number of nitrogens with zero attached hydrogens (tertiary/aromatic N) is 2. The fraction of sp³-hybridized carbons (Fsp3) is 0.250. The molecule has 8 heteroatoms. The van der Waals surface area contributed by atoms with Crippen molar-refractivity contribution in [2.24, 2.45) is 0 Å². The molecular formula is C12H11Cl2N3O2S. The lowest BCUT2D eigenvalue weighted by Gasteiger charge is -2.07. The molecule has 0 aliphatic carbocycles. The second-order valence-electron chi connectivity index (χ2n) is 3.77. The summed E-state index contributed by atoms with van der Waals surface area (Å²) in [6, 6.07) is 4.80. The van der Waals surface area contributed by atoms with E-state index in [2.05, 4.69) is 15.5 Å². The Hall–Kier alpha value is -1.37. The van der Waals surface area contributed by atoms with E-state index in [1.54, 1.807) is 18.2 Å².